The molecular formula is C12H13NO2. The Balaban J connectivity index is 2.22. The maximum atomic E-state index is 11.2. The predicted octanol–water partition coefficient (Wildman–Crippen LogP) is 1.81. The van der Waals surface area contributed by atoms with Gasteiger partial charge in [0, 0.05) is 12.0 Å². The van der Waals surface area contributed by atoms with Crippen molar-refractivity contribution in [3.05, 3.63) is 42.5 Å². The van der Waals surface area contributed by atoms with Gasteiger partial charge in [-0.05, 0) is 12.1 Å². The molecule has 0 aromatic heterocycles. The lowest BCUT2D eigenvalue weighted by molar-refractivity contribution is -0.117. The molecule has 1 aromatic rings. The van der Waals surface area contributed by atoms with Crippen molar-refractivity contribution in [1.29, 1.82) is 0 Å². The molecule has 0 saturated heterocycles. The van der Waals surface area contributed by atoms with Crippen LogP contribution in [0, 0.1) is 0 Å². The van der Waals surface area contributed by atoms with Crippen LogP contribution in [-0.4, -0.2) is 12.5 Å². The topological polar surface area (TPSA) is 38.3 Å². The second-order valence-electron chi connectivity index (χ2n) is 3.44. The largest absolute Gasteiger partial charge is 0.493 e. The van der Waals surface area contributed by atoms with Crippen LogP contribution in [0.2, 0.25) is 0 Å². The number of hydrogen-bond acceptors (Lipinski definition) is 2. The van der Waals surface area contributed by atoms with Crippen LogP contribution in [0.1, 0.15) is 18.0 Å². The van der Waals surface area contributed by atoms with Crippen molar-refractivity contribution >= 4 is 5.91 Å². The summed E-state index contributed by atoms with van der Waals surface area (Å²) in [6, 6.07) is 7.81. The van der Waals surface area contributed by atoms with Crippen molar-refractivity contribution < 1.29 is 9.53 Å². The van der Waals surface area contributed by atoms with Gasteiger partial charge in [0.25, 0.3) is 0 Å². The summed E-state index contributed by atoms with van der Waals surface area (Å²) in [5, 5.41) is 2.89. The first-order chi connectivity index (χ1) is 7.31. The lowest BCUT2D eigenvalue weighted by Gasteiger charge is -2.26. The SMILES string of the molecule is C=CC(=O)N[C@@H]1CCOc2ccccc21. The number of rotatable bonds is 2. The summed E-state index contributed by atoms with van der Waals surface area (Å²) in [5.41, 5.74) is 1.04. The van der Waals surface area contributed by atoms with E-state index in [2.05, 4.69) is 11.9 Å². The fourth-order valence-electron chi connectivity index (χ4n) is 1.72. The van der Waals surface area contributed by atoms with E-state index in [0.717, 1.165) is 17.7 Å². The summed E-state index contributed by atoms with van der Waals surface area (Å²) in [6.45, 7) is 4.08. The Morgan fingerprint density at radius 3 is 3.13 bits per heavy atom. The van der Waals surface area contributed by atoms with Crippen LogP contribution in [0.15, 0.2) is 36.9 Å². The van der Waals surface area contributed by atoms with E-state index < -0.39 is 0 Å². The summed E-state index contributed by atoms with van der Waals surface area (Å²) >= 11 is 0. The molecule has 15 heavy (non-hydrogen) atoms. The molecule has 1 N–H and O–H groups in total. The molecule has 0 aliphatic carbocycles. The number of amides is 1. The van der Waals surface area contributed by atoms with Gasteiger partial charge in [0.1, 0.15) is 5.75 Å². The van der Waals surface area contributed by atoms with Gasteiger partial charge in [0.05, 0.1) is 12.6 Å². The number of fused-ring (bicyclic) bond motifs is 1. The van der Waals surface area contributed by atoms with Gasteiger partial charge in [-0.15, -0.1) is 0 Å². The zero-order valence-electron chi connectivity index (χ0n) is 8.40. The lowest BCUT2D eigenvalue weighted by Crippen LogP contribution is -2.30. The van der Waals surface area contributed by atoms with E-state index in [4.69, 9.17) is 4.74 Å². The first-order valence-corrected chi connectivity index (χ1v) is 4.96. The standard InChI is InChI=1S/C12H13NO2/c1-2-12(14)13-10-7-8-15-11-6-4-3-5-9(10)11/h2-6,10H,1,7-8H2,(H,13,14)/t10-/m1/s1. The predicted molar refractivity (Wildman–Crippen MR) is 57.6 cm³/mol. The molecule has 78 valence electrons. The first-order valence-electron chi connectivity index (χ1n) is 4.96. The molecule has 1 aliphatic rings. The molecule has 2 rings (SSSR count). The fraction of sp³-hybridized carbons (Fsp3) is 0.250. The number of ether oxygens (including phenoxy) is 1. The average molecular weight is 203 g/mol. The molecule has 3 nitrogen and oxygen atoms in total. The van der Waals surface area contributed by atoms with E-state index in [1.807, 2.05) is 24.3 Å². The Kier molecular flexibility index (Phi) is 2.72. The second-order valence-corrected chi connectivity index (χ2v) is 3.44. The Morgan fingerprint density at radius 2 is 2.33 bits per heavy atom. The highest BCUT2D eigenvalue weighted by Gasteiger charge is 2.21. The summed E-state index contributed by atoms with van der Waals surface area (Å²) < 4.78 is 5.49. The quantitative estimate of drug-likeness (QED) is 0.744. The Morgan fingerprint density at radius 1 is 1.53 bits per heavy atom. The molecular weight excluding hydrogens is 190 g/mol. The Labute approximate surface area is 88.8 Å². The van der Waals surface area contributed by atoms with Gasteiger partial charge in [0.2, 0.25) is 5.91 Å². The van der Waals surface area contributed by atoms with Crippen LogP contribution in [0.4, 0.5) is 0 Å². The van der Waals surface area contributed by atoms with E-state index in [0.29, 0.717) is 6.61 Å². The van der Waals surface area contributed by atoms with Crippen LogP contribution < -0.4 is 10.1 Å². The van der Waals surface area contributed by atoms with Crippen molar-refractivity contribution in [2.24, 2.45) is 0 Å². The van der Waals surface area contributed by atoms with Gasteiger partial charge in [-0.3, -0.25) is 4.79 Å². The minimum Gasteiger partial charge on any atom is -0.493 e. The molecule has 1 amide bonds. The molecule has 0 radical (unpaired) electrons. The summed E-state index contributed by atoms with van der Waals surface area (Å²) in [4.78, 5) is 11.2. The van der Waals surface area contributed by atoms with E-state index in [-0.39, 0.29) is 11.9 Å². The van der Waals surface area contributed by atoms with Crippen molar-refractivity contribution in [1.82, 2.24) is 5.32 Å². The molecule has 0 fully saturated rings. The van der Waals surface area contributed by atoms with Gasteiger partial charge in [0.15, 0.2) is 0 Å². The average Bonchev–Trinajstić information content (AvgIpc) is 2.29. The minimum absolute atomic E-state index is 0.0421. The number of carbonyl (C=O) groups is 1. The third-order valence-electron chi connectivity index (χ3n) is 2.46. The first kappa shape index (κ1) is 9.77. The van der Waals surface area contributed by atoms with Crippen molar-refractivity contribution in [2.75, 3.05) is 6.61 Å². The number of para-hydroxylation sites is 1. The maximum absolute atomic E-state index is 11.2. The van der Waals surface area contributed by atoms with E-state index in [1.54, 1.807) is 0 Å². The second kappa shape index (κ2) is 4.17. The van der Waals surface area contributed by atoms with Crippen molar-refractivity contribution in [2.45, 2.75) is 12.5 Å². The Hall–Kier alpha value is -1.77. The number of benzene rings is 1. The Bertz CT molecular complexity index is 387. The fourth-order valence-corrected chi connectivity index (χ4v) is 1.72. The lowest BCUT2D eigenvalue weighted by atomic mass is 10.0. The molecule has 1 aromatic carbocycles. The smallest absolute Gasteiger partial charge is 0.243 e. The zero-order chi connectivity index (χ0) is 10.7. The zero-order valence-corrected chi connectivity index (χ0v) is 8.40. The van der Waals surface area contributed by atoms with E-state index >= 15 is 0 Å². The van der Waals surface area contributed by atoms with Crippen LogP contribution in [0.5, 0.6) is 5.75 Å². The molecule has 1 aliphatic heterocycles. The van der Waals surface area contributed by atoms with Gasteiger partial charge < -0.3 is 10.1 Å². The highest BCUT2D eigenvalue weighted by molar-refractivity contribution is 5.87. The molecule has 0 spiro atoms. The van der Waals surface area contributed by atoms with Crippen LogP contribution >= 0.6 is 0 Å². The van der Waals surface area contributed by atoms with Crippen LogP contribution in [-0.2, 0) is 4.79 Å². The molecule has 1 heterocycles. The van der Waals surface area contributed by atoms with Crippen LogP contribution in [0.25, 0.3) is 0 Å². The minimum atomic E-state index is -0.142. The highest BCUT2D eigenvalue weighted by Crippen LogP contribution is 2.31. The third kappa shape index (κ3) is 2.01. The van der Waals surface area contributed by atoms with Gasteiger partial charge >= 0.3 is 0 Å². The molecule has 0 saturated carbocycles. The maximum Gasteiger partial charge on any atom is 0.243 e. The molecule has 3 heteroatoms. The third-order valence-corrected chi connectivity index (χ3v) is 2.46. The molecule has 0 bridgehead atoms. The number of nitrogens with one attached hydrogen (secondary N) is 1. The van der Waals surface area contributed by atoms with Crippen LogP contribution in [0.3, 0.4) is 0 Å². The number of carbonyl (C=O) groups excluding carboxylic acids is 1. The van der Waals surface area contributed by atoms with E-state index in [9.17, 15) is 4.79 Å². The molecule has 0 unspecified atom stereocenters. The van der Waals surface area contributed by atoms with Crippen molar-refractivity contribution in [3.63, 3.8) is 0 Å². The molecule has 1 atom stereocenters. The van der Waals surface area contributed by atoms with Gasteiger partial charge in [-0.25, -0.2) is 0 Å². The normalized spacial score (nSPS) is 18.5. The van der Waals surface area contributed by atoms with Gasteiger partial charge in [-0.2, -0.15) is 0 Å². The van der Waals surface area contributed by atoms with E-state index in [1.165, 1.54) is 6.08 Å². The van der Waals surface area contributed by atoms with Gasteiger partial charge in [-0.1, -0.05) is 24.8 Å². The summed E-state index contributed by atoms with van der Waals surface area (Å²) in [5.74, 6) is 0.717. The summed E-state index contributed by atoms with van der Waals surface area (Å²) in [7, 11) is 0. The highest BCUT2D eigenvalue weighted by atomic mass is 16.5. The number of hydrogen-bond donors (Lipinski definition) is 1. The monoisotopic (exact) mass is 203 g/mol. The summed E-state index contributed by atoms with van der Waals surface area (Å²) in [6.07, 6.45) is 2.09. The van der Waals surface area contributed by atoms with Crippen molar-refractivity contribution in [3.8, 4) is 5.75 Å².